The van der Waals surface area contributed by atoms with E-state index in [1.54, 1.807) is 18.2 Å². The molecule has 1 aliphatic rings. The zero-order valence-electron chi connectivity index (χ0n) is 8.74. The first-order valence-corrected chi connectivity index (χ1v) is 5.99. The third-order valence-corrected chi connectivity index (χ3v) is 3.22. The van der Waals surface area contributed by atoms with Gasteiger partial charge in [0, 0.05) is 36.1 Å². The number of hydrogen-bond donors (Lipinski definition) is 2. The second-order valence-corrected chi connectivity index (χ2v) is 4.62. The molecule has 1 aromatic rings. The molecule has 0 spiro atoms. The largest absolute Gasteiger partial charge is 0.336 e. The van der Waals surface area contributed by atoms with Gasteiger partial charge in [-0.05, 0) is 18.2 Å². The van der Waals surface area contributed by atoms with Crippen molar-refractivity contribution in [2.75, 3.05) is 26.2 Å². The van der Waals surface area contributed by atoms with E-state index >= 15 is 0 Å². The number of nitrogens with zero attached hydrogens (tertiary/aromatic N) is 1. The maximum Gasteiger partial charge on any atom is 0.255 e. The summed E-state index contributed by atoms with van der Waals surface area (Å²) in [6.45, 7) is 3.15. The van der Waals surface area contributed by atoms with Gasteiger partial charge >= 0.3 is 0 Å². The number of carbonyl (C=O) groups is 1. The van der Waals surface area contributed by atoms with E-state index in [1.807, 2.05) is 4.90 Å². The van der Waals surface area contributed by atoms with E-state index < -0.39 is 0 Å². The first-order valence-electron chi connectivity index (χ1n) is 5.17. The molecule has 5 heteroatoms. The lowest BCUT2D eigenvalue weighted by molar-refractivity contribution is 0.0732. The monoisotopic (exact) mass is 256 g/mol. The molecule has 3 nitrogen and oxygen atoms in total. The summed E-state index contributed by atoms with van der Waals surface area (Å²) in [5, 5.41) is 3.77. The Labute approximate surface area is 105 Å². The fourth-order valence-electron chi connectivity index (χ4n) is 1.72. The number of thiol groups is 1. The zero-order chi connectivity index (χ0) is 11.5. The van der Waals surface area contributed by atoms with Crippen molar-refractivity contribution in [1.82, 2.24) is 10.2 Å². The molecular formula is C11H13ClN2OS. The predicted octanol–water partition coefficient (Wildman–Crippen LogP) is 1.67. The summed E-state index contributed by atoms with van der Waals surface area (Å²) in [4.78, 5) is 14.7. The minimum Gasteiger partial charge on any atom is -0.336 e. The summed E-state index contributed by atoms with van der Waals surface area (Å²) < 4.78 is 0. The lowest BCUT2D eigenvalue weighted by Crippen LogP contribution is -2.46. The third-order valence-electron chi connectivity index (χ3n) is 2.59. The van der Waals surface area contributed by atoms with E-state index in [0.29, 0.717) is 15.5 Å². The quantitative estimate of drug-likeness (QED) is 0.750. The van der Waals surface area contributed by atoms with Gasteiger partial charge in [0.1, 0.15) is 0 Å². The number of piperazine rings is 1. The van der Waals surface area contributed by atoms with Gasteiger partial charge in [-0.15, -0.1) is 12.6 Å². The first kappa shape index (κ1) is 11.8. The number of halogens is 1. The van der Waals surface area contributed by atoms with Crippen LogP contribution in [0.25, 0.3) is 0 Å². The average molecular weight is 257 g/mol. The second-order valence-electron chi connectivity index (χ2n) is 3.70. The maximum absolute atomic E-state index is 12.2. The predicted molar refractivity (Wildman–Crippen MR) is 67.5 cm³/mol. The Kier molecular flexibility index (Phi) is 3.74. The fourth-order valence-corrected chi connectivity index (χ4v) is 2.12. The van der Waals surface area contributed by atoms with Crippen molar-refractivity contribution >= 4 is 30.1 Å². The number of hydrogen-bond acceptors (Lipinski definition) is 3. The van der Waals surface area contributed by atoms with Crippen molar-refractivity contribution in [3.63, 3.8) is 0 Å². The van der Waals surface area contributed by atoms with Gasteiger partial charge in [0.05, 0.1) is 5.56 Å². The number of carbonyl (C=O) groups excluding carboxylic acids is 1. The van der Waals surface area contributed by atoms with E-state index in [1.165, 1.54) is 0 Å². The van der Waals surface area contributed by atoms with E-state index in [4.69, 9.17) is 11.6 Å². The fraction of sp³-hybridized carbons (Fsp3) is 0.364. The molecule has 1 amide bonds. The Hall–Kier alpha value is -0.710. The van der Waals surface area contributed by atoms with Gasteiger partial charge in [0.15, 0.2) is 0 Å². The van der Waals surface area contributed by atoms with Gasteiger partial charge in [-0.1, -0.05) is 11.6 Å². The normalized spacial score (nSPS) is 16.2. The number of rotatable bonds is 1. The number of nitrogens with one attached hydrogen (secondary N) is 1. The highest BCUT2D eigenvalue weighted by atomic mass is 35.5. The van der Waals surface area contributed by atoms with Crippen LogP contribution in [0.5, 0.6) is 0 Å². The topological polar surface area (TPSA) is 32.3 Å². The van der Waals surface area contributed by atoms with Crippen molar-refractivity contribution in [3.8, 4) is 0 Å². The van der Waals surface area contributed by atoms with Crippen molar-refractivity contribution in [3.05, 3.63) is 28.8 Å². The van der Waals surface area contributed by atoms with Crippen LogP contribution < -0.4 is 5.32 Å². The van der Waals surface area contributed by atoms with Crippen LogP contribution in [-0.2, 0) is 0 Å². The summed E-state index contributed by atoms with van der Waals surface area (Å²) >= 11 is 10.2. The number of benzene rings is 1. The third kappa shape index (κ3) is 2.51. The smallest absolute Gasteiger partial charge is 0.255 e. The van der Waals surface area contributed by atoms with Crippen LogP contribution in [0.2, 0.25) is 5.02 Å². The molecule has 1 aromatic carbocycles. The van der Waals surface area contributed by atoms with Gasteiger partial charge in [-0.2, -0.15) is 0 Å². The van der Waals surface area contributed by atoms with Crippen LogP contribution in [-0.4, -0.2) is 37.0 Å². The highest BCUT2D eigenvalue weighted by molar-refractivity contribution is 7.80. The first-order chi connectivity index (χ1) is 7.68. The van der Waals surface area contributed by atoms with Gasteiger partial charge in [-0.3, -0.25) is 4.79 Å². The van der Waals surface area contributed by atoms with Gasteiger partial charge in [0.2, 0.25) is 0 Å². The van der Waals surface area contributed by atoms with Crippen LogP contribution in [0.4, 0.5) is 0 Å². The Bertz CT molecular complexity index is 405. The number of amides is 1. The molecule has 0 atom stereocenters. The molecular weight excluding hydrogens is 244 g/mol. The van der Waals surface area contributed by atoms with Crippen molar-refractivity contribution in [1.29, 1.82) is 0 Å². The van der Waals surface area contributed by atoms with Gasteiger partial charge < -0.3 is 10.2 Å². The van der Waals surface area contributed by atoms with Gasteiger partial charge in [-0.25, -0.2) is 0 Å². The molecule has 0 aliphatic carbocycles. The summed E-state index contributed by atoms with van der Waals surface area (Å²) in [6, 6.07) is 5.16. The minimum atomic E-state index is 0.00833. The molecule has 0 bridgehead atoms. The average Bonchev–Trinajstić information content (AvgIpc) is 2.32. The molecule has 0 saturated carbocycles. The molecule has 86 valence electrons. The van der Waals surface area contributed by atoms with E-state index in [2.05, 4.69) is 17.9 Å². The van der Waals surface area contributed by atoms with E-state index in [0.717, 1.165) is 26.2 Å². The van der Waals surface area contributed by atoms with Crippen molar-refractivity contribution < 1.29 is 4.79 Å². The molecule has 0 radical (unpaired) electrons. The molecule has 1 heterocycles. The highest BCUT2D eigenvalue weighted by Crippen LogP contribution is 2.20. The lowest BCUT2D eigenvalue weighted by atomic mass is 10.2. The Morgan fingerprint density at radius 1 is 1.38 bits per heavy atom. The molecule has 16 heavy (non-hydrogen) atoms. The summed E-state index contributed by atoms with van der Waals surface area (Å²) in [7, 11) is 0. The summed E-state index contributed by atoms with van der Waals surface area (Å²) in [5.74, 6) is 0.00833. The van der Waals surface area contributed by atoms with Crippen LogP contribution in [0, 0.1) is 0 Å². The van der Waals surface area contributed by atoms with Crippen molar-refractivity contribution in [2.45, 2.75) is 4.90 Å². The van der Waals surface area contributed by atoms with Crippen LogP contribution >= 0.6 is 24.2 Å². The second kappa shape index (κ2) is 5.08. The van der Waals surface area contributed by atoms with Crippen LogP contribution in [0.3, 0.4) is 0 Å². The molecule has 2 rings (SSSR count). The summed E-state index contributed by atoms with van der Waals surface area (Å²) in [5.41, 5.74) is 0.581. The maximum atomic E-state index is 12.2. The zero-order valence-corrected chi connectivity index (χ0v) is 10.4. The molecule has 0 aromatic heterocycles. The Morgan fingerprint density at radius 3 is 2.75 bits per heavy atom. The standard InChI is InChI=1S/C11H13ClN2OS/c12-8-1-2-10(16)9(7-8)11(15)14-5-3-13-4-6-14/h1-2,7,13,16H,3-6H2. The van der Waals surface area contributed by atoms with E-state index in [9.17, 15) is 4.79 Å². The lowest BCUT2D eigenvalue weighted by Gasteiger charge is -2.27. The summed E-state index contributed by atoms with van der Waals surface area (Å²) in [6.07, 6.45) is 0. The molecule has 0 unspecified atom stereocenters. The molecule has 1 aliphatic heterocycles. The molecule has 1 fully saturated rings. The minimum absolute atomic E-state index is 0.00833. The van der Waals surface area contributed by atoms with Crippen LogP contribution in [0.1, 0.15) is 10.4 Å². The highest BCUT2D eigenvalue weighted by Gasteiger charge is 2.19. The molecule has 1 saturated heterocycles. The van der Waals surface area contributed by atoms with Crippen LogP contribution in [0.15, 0.2) is 23.1 Å². The van der Waals surface area contributed by atoms with Gasteiger partial charge in [0.25, 0.3) is 5.91 Å². The van der Waals surface area contributed by atoms with Crippen molar-refractivity contribution in [2.24, 2.45) is 0 Å². The SMILES string of the molecule is O=C(c1cc(Cl)ccc1S)N1CCNCC1. The van der Waals surface area contributed by atoms with E-state index in [-0.39, 0.29) is 5.91 Å². The molecule has 1 N–H and O–H groups in total. The Morgan fingerprint density at radius 2 is 2.06 bits per heavy atom. The Balaban J connectivity index is 2.22.